The minimum atomic E-state index is -3.89. The van der Waals surface area contributed by atoms with E-state index >= 15 is 0 Å². The number of anilines is 1. The van der Waals surface area contributed by atoms with Crippen LogP contribution in [-0.4, -0.2) is 25.6 Å². The smallest absolute Gasteiger partial charge is 0.261 e. The summed E-state index contributed by atoms with van der Waals surface area (Å²) in [6, 6.07) is 17.3. The Kier molecular flexibility index (Phi) is 4.96. The van der Waals surface area contributed by atoms with E-state index in [0.29, 0.717) is 5.56 Å². The Labute approximate surface area is 156 Å². The summed E-state index contributed by atoms with van der Waals surface area (Å²) in [6.07, 6.45) is 0. The summed E-state index contributed by atoms with van der Waals surface area (Å²) in [5.41, 5.74) is 1.03. The van der Waals surface area contributed by atoms with Crippen LogP contribution in [0.1, 0.15) is 5.56 Å². The van der Waals surface area contributed by atoms with Crippen LogP contribution in [0.25, 0.3) is 11.3 Å². The van der Waals surface area contributed by atoms with E-state index in [0.717, 1.165) is 0 Å². The van der Waals surface area contributed by atoms with E-state index in [4.69, 9.17) is 4.74 Å². The van der Waals surface area contributed by atoms with Gasteiger partial charge in [-0.25, -0.2) is 13.4 Å². The standard InChI is InChI=1S/C19H15N3O4S/c1-26-19-14(12-20)11-17(18(21-19)13-7-9-15(23)10-8-13)22-27(24,25)16-5-3-2-4-6-16/h2-11,22-23H,1H3. The lowest BCUT2D eigenvalue weighted by atomic mass is 10.1. The lowest BCUT2D eigenvalue weighted by Gasteiger charge is -2.14. The molecule has 8 heteroatoms. The molecule has 3 rings (SSSR count). The van der Waals surface area contributed by atoms with E-state index in [2.05, 4.69) is 9.71 Å². The number of phenols is 1. The van der Waals surface area contributed by atoms with Crippen molar-refractivity contribution in [3.63, 3.8) is 0 Å². The van der Waals surface area contributed by atoms with E-state index in [-0.39, 0.29) is 33.5 Å². The van der Waals surface area contributed by atoms with Gasteiger partial charge in [-0.2, -0.15) is 5.26 Å². The van der Waals surface area contributed by atoms with Crippen molar-refractivity contribution in [1.82, 2.24) is 4.98 Å². The SMILES string of the molecule is COc1nc(-c2ccc(O)cc2)c(NS(=O)(=O)c2ccccc2)cc1C#N. The highest BCUT2D eigenvalue weighted by molar-refractivity contribution is 7.92. The van der Waals surface area contributed by atoms with Gasteiger partial charge in [0.25, 0.3) is 10.0 Å². The van der Waals surface area contributed by atoms with Gasteiger partial charge in [0.1, 0.15) is 17.4 Å². The van der Waals surface area contributed by atoms with Crippen molar-refractivity contribution < 1.29 is 18.3 Å². The first-order valence-electron chi connectivity index (χ1n) is 7.81. The number of methoxy groups -OCH3 is 1. The lowest BCUT2D eigenvalue weighted by molar-refractivity contribution is 0.397. The third-order valence-corrected chi connectivity index (χ3v) is 5.12. The topological polar surface area (TPSA) is 112 Å². The number of hydrogen-bond donors (Lipinski definition) is 2. The van der Waals surface area contributed by atoms with Gasteiger partial charge in [0.05, 0.1) is 23.4 Å². The molecule has 0 fully saturated rings. The molecule has 0 amide bonds. The zero-order valence-corrected chi connectivity index (χ0v) is 15.1. The molecule has 0 aliphatic carbocycles. The van der Waals surface area contributed by atoms with Gasteiger partial charge in [-0.05, 0) is 42.5 Å². The van der Waals surface area contributed by atoms with E-state index < -0.39 is 10.0 Å². The molecule has 1 aromatic heterocycles. The molecule has 27 heavy (non-hydrogen) atoms. The summed E-state index contributed by atoms with van der Waals surface area (Å²) in [5.74, 6) is 0.133. The molecule has 1 heterocycles. The van der Waals surface area contributed by atoms with Crippen molar-refractivity contribution in [2.45, 2.75) is 4.90 Å². The van der Waals surface area contributed by atoms with Gasteiger partial charge in [-0.1, -0.05) is 18.2 Å². The molecule has 2 aromatic carbocycles. The number of nitriles is 1. The summed E-state index contributed by atoms with van der Waals surface area (Å²) in [5, 5.41) is 18.8. The maximum atomic E-state index is 12.7. The highest BCUT2D eigenvalue weighted by atomic mass is 32.2. The number of nitrogens with one attached hydrogen (secondary N) is 1. The van der Waals surface area contributed by atoms with Crippen LogP contribution in [0.3, 0.4) is 0 Å². The average Bonchev–Trinajstić information content (AvgIpc) is 2.69. The number of aromatic hydroxyl groups is 1. The summed E-state index contributed by atoms with van der Waals surface area (Å²) >= 11 is 0. The predicted molar refractivity (Wildman–Crippen MR) is 99.9 cm³/mol. The van der Waals surface area contributed by atoms with Crippen LogP contribution < -0.4 is 9.46 Å². The van der Waals surface area contributed by atoms with Gasteiger partial charge >= 0.3 is 0 Å². The molecule has 0 aliphatic rings. The lowest BCUT2D eigenvalue weighted by Crippen LogP contribution is -2.14. The third-order valence-electron chi connectivity index (χ3n) is 3.74. The summed E-state index contributed by atoms with van der Waals surface area (Å²) in [4.78, 5) is 4.37. The fraction of sp³-hybridized carbons (Fsp3) is 0.0526. The molecule has 136 valence electrons. The van der Waals surface area contributed by atoms with Gasteiger partial charge in [0.2, 0.25) is 5.88 Å². The van der Waals surface area contributed by atoms with Gasteiger partial charge in [-0.3, -0.25) is 4.72 Å². The minimum absolute atomic E-state index is 0.0609. The Morgan fingerprint density at radius 2 is 1.78 bits per heavy atom. The molecule has 0 atom stereocenters. The fourth-order valence-electron chi connectivity index (χ4n) is 2.45. The quantitative estimate of drug-likeness (QED) is 0.702. The highest BCUT2D eigenvalue weighted by Crippen LogP contribution is 2.33. The van der Waals surface area contributed by atoms with Crippen molar-refractivity contribution in [3.8, 4) is 29.0 Å². The van der Waals surface area contributed by atoms with Crippen LogP contribution in [0.5, 0.6) is 11.6 Å². The van der Waals surface area contributed by atoms with Crippen LogP contribution in [0, 0.1) is 11.3 Å². The first-order valence-corrected chi connectivity index (χ1v) is 9.29. The van der Waals surface area contributed by atoms with E-state index in [1.807, 2.05) is 6.07 Å². The predicted octanol–water partition coefficient (Wildman–Crippen LogP) is 3.14. The van der Waals surface area contributed by atoms with E-state index in [1.54, 1.807) is 30.3 Å². The largest absolute Gasteiger partial charge is 0.508 e. The van der Waals surface area contributed by atoms with E-state index in [1.165, 1.54) is 37.4 Å². The Morgan fingerprint density at radius 3 is 2.37 bits per heavy atom. The summed E-state index contributed by atoms with van der Waals surface area (Å²) in [7, 11) is -2.51. The van der Waals surface area contributed by atoms with Gasteiger partial charge in [0, 0.05) is 5.56 Å². The van der Waals surface area contributed by atoms with Gasteiger partial charge < -0.3 is 9.84 Å². The monoisotopic (exact) mass is 381 g/mol. The normalized spacial score (nSPS) is 10.8. The minimum Gasteiger partial charge on any atom is -0.508 e. The maximum Gasteiger partial charge on any atom is 0.261 e. The number of benzene rings is 2. The third kappa shape index (κ3) is 3.83. The van der Waals surface area contributed by atoms with Gasteiger partial charge in [-0.15, -0.1) is 0 Å². The number of rotatable bonds is 5. The molecule has 0 saturated heterocycles. The molecule has 0 bridgehead atoms. The number of hydrogen-bond acceptors (Lipinski definition) is 6. The second-order valence-corrected chi connectivity index (χ2v) is 7.20. The number of aromatic nitrogens is 1. The zero-order chi connectivity index (χ0) is 19.4. The van der Waals surface area contributed by atoms with Crippen molar-refractivity contribution >= 4 is 15.7 Å². The van der Waals surface area contributed by atoms with Crippen LogP contribution in [0.4, 0.5) is 5.69 Å². The maximum absolute atomic E-state index is 12.7. The fourth-order valence-corrected chi connectivity index (χ4v) is 3.53. The molecule has 7 nitrogen and oxygen atoms in total. The summed E-state index contributed by atoms with van der Waals surface area (Å²) in [6.45, 7) is 0. The second-order valence-electron chi connectivity index (χ2n) is 5.52. The first-order chi connectivity index (χ1) is 12.9. The number of phenolic OH excluding ortho intramolecular Hbond substituents is 1. The van der Waals surface area contributed by atoms with Crippen molar-refractivity contribution in [2.75, 3.05) is 11.8 Å². The Bertz CT molecular complexity index is 1110. The molecule has 0 radical (unpaired) electrons. The molecule has 0 saturated carbocycles. The van der Waals surface area contributed by atoms with Crippen LogP contribution in [-0.2, 0) is 10.0 Å². The number of pyridine rings is 1. The Hall–Kier alpha value is -3.57. The van der Waals surface area contributed by atoms with Crippen molar-refractivity contribution in [2.24, 2.45) is 0 Å². The summed E-state index contributed by atoms with van der Waals surface area (Å²) < 4.78 is 33.0. The molecular weight excluding hydrogens is 366 g/mol. The Morgan fingerprint density at radius 1 is 1.11 bits per heavy atom. The van der Waals surface area contributed by atoms with Crippen LogP contribution in [0.2, 0.25) is 0 Å². The molecule has 3 aromatic rings. The van der Waals surface area contributed by atoms with Gasteiger partial charge in [0.15, 0.2) is 0 Å². The molecule has 2 N–H and O–H groups in total. The number of ether oxygens (including phenoxy) is 1. The van der Waals surface area contributed by atoms with Crippen LogP contribution >= 0.6 is 0 Å². The first kappa shape index (κ1) is 18.2. The highest BCUT2D eigenvalue weighted by Gasteiger charge is 2.20. The average molecular weight is 381 g/mol. The molecule has 0 aliphatic heterocycles. The van der Waals surface area contributed by atoms with Crippen molar-refractivity contribution in [1.29, 1.82) is 5.26 Å². The second kappa shape index (κ2) is 7.35. The Balaban J connectivity index is 2.16. The molecule has 0 spiro atoms. The van der Waals surface area contributed by atoms with E-state index in [9.17, 15) is 18.8 Å². The molecular formula is C19H15N3O4S. The zero-order valence-electron chi connectivity index (χ0n) is 14.2. The molecule has 0 unspecified atom stereocenters. The van der Waals surface area contributed by atoms with Crippen molar-refractivity contribution in [3.05, 3.63) is 66.2 Å². The number of sulfonamides is 1. The van der Waals surface area contributed by atoms with Crippen LogP contribution in [0.15, 0.2) is 65.6 Å². The number of nitrogens with zero attached hydrogens (tertiary/aromatic N) is 2.